The molecule has 1 rings (SSSR count). The van der Waals surface area contributed by atoms with Crippen LogP contribution < -0.4 is 5.32 Å². The molecule has 0 unspecified atom stereocenters. The summed E-state index contributed by atoms with van der Waals surface area (Å²) in [5.41, 5.74) is 3.33. The fraction of sp³-hybridized carbons (Fsp3) is 0.684. The van der Waals surface area contributed by atoms with Crippen LogP contribution >= 0.6 is 0 Å². The van der Waals surface area contributed by atoms with Gasteiger partial charge in [-0.3, -0.25) is 0 Å². The molecule has 0 bridgehead atoms. The van der Waals surface area contributed by atoms with Crippen molar-refractivity contribution in [3.63, 3.8) is 0 Å². The molecule has 0 saturated carbocycles. The SMILES string of the molecule is CCC(CC)(CNC(C)(C)C)c1ccc(C(C)C)cc1. The van der Waals surface area contributed by atoms with Crippen molar-refractivity contribution in [1.82, 2.24) is 5.32 Å². The zero-order chi connectivity index (χ0) is 15.4. The van der Waals surface area contributed by atoms with Gasteiger partial charge in [0.15, 0.2) is 0 Å². The van der Waals surface area contributed by atoms with Gasteiger partial charge in [0.2, 0.25) is 0 Å². The Labute approximate surface area is 126 Å². The molecule has 0 amide bonds. The van der Waals surface area contributed by atoms with Gasteiger partial charge in [0.1, 0.15) is 0 Å². The average molecular weight is 275 g/mol. The molecule has 1 aromatic rings. The zero-order valence-corrected chi connectivity index (χ0v) is 14.5. The van der Waals surface area contributed by atoms with Crippen LogP contribution in [0.4, 0.5) is 0 Å². The molecule has 0 atom stereocenters. The highest BCUT2D eigenvalue weighted by atomic mass is 15.0. The van der Waals surface area contributed by atoms with E-state index in [9.17, 15) is 0 Å². The lowest BCUT2D eigenvalue weighted by molar-refractivity contribution is 0.313. The van der Waals surface area contributed by atoms with E-state index in [1.54, 1.807) is 0 Å². The first-order chi connectivity index (χ1) is 9.24. The van der Waals surface area contributed by atoms with Crippen LogP contribution in [0.1, 0.15) is 78.4 Å². The molecule has 20 heavy (non-hydrogen) atoms. The number of nitrogens with one attached hydrogen (secondary N) is 1. The fourth-order valence-corrected chi connectivity index (χ4v) is 2.67. The normalized spacial score (nSPS) is 13.0. The molecule has 0 radical (unpaired) electrons. The van der Waals surface area contributed by atoms with E-state index in [-0.39, 0.29) is 11.0 Å². The van der Waals surface area contributed by atoms with Gasteiger partial charge >= 0.3 is 0 Å². The van der Waals surface area contributed by atoms with Crippen molar-refractivity contribution in [1.29, 1.82) is 0 Å². The Morgan fingerprint density at radius 3 is 1.80 bits per heavy atom. The van der Waals surface area contributed by atoms with E-state index < -0.39 is 0 Å². The second-order valence-electron chi connectivity index (χ2n) is 7.37. The van der Waals surface area contributed by atoms with Crippen LogP contribution in [-0.2, 0) is 5.41 Å². The van der Waals surface area contributed by atoms with Crippen molar-refractivity contribution >= 4 is 0 Å². The lowest BCUT2D eigenvalue weighted by Crippen LogP contribution is -2.45. The predicted octanol–water partition coefficient (Wildman–Crippen LogP) is 5.26. The van der Waals surface area contributed by atoms with Crippen molar-refractivity contribution in [3.8, 4) is 0 Å². The molecule has 114 valence electrons. The van der Waals surface area contributed by atoms with E-state index >= 15 is 0 Å². The fourth-order valence-electron chi connectivity index (χ4n) is 2.67. The van der Waals surface area contributed by atoms with Gasteiger partial charge in [0, 0.05) is 17.5 Å². The summed E-state index contributed by atoms with van der Waals surface area (Å²) in [4.78, 5) is 0. The molecule has 1 heteroatoms. The molecule has 0 fully saturated rings. The maximum absolute atomic E-state index is 3.70. The van der Waals surface area contributed by atoms with E-state index in [2.05, 4.69) is 78.0 Å². The molecule has 0 aliphatic heterocycles. The standard InChI is InChI=1S/C19H33N/c1-8-19(9-2,14-20-18(5,6)7)17-12-10-16(11-13-17)15(3)4/h10-13,15,20H,8-9,14H2,1-7H3. The molecule has 0 heterocycles. The average Bonchev–Trinajstić information content (AvgIpc) is 2.40. The van der Waals surface area contributed by atoms with Crippen LogP contribution in [0.15, 0.2) is 24.3 Å². The first-order valence-electron chi connectivity index (χ1n) is 8.09. The Kier molecular flexibility index (Phi) is 5.82. The van der Waals surface area contributed by atoms with Crippen molar-refractivity contribution < 1.29 is 0 Å². The van der Waals surface area contributed by atoms with Crippen molar-refractivity contribution in [2.24, 2.45) is 0 Å². The molecule has 1 aromatic carbocycles. The highest BCUT2D eigenvalue weighted by molar-refractivity contribution is 5.31. The van der Waals surface area contributed by atoms with E-state index in [4.69, 9.17) is 0 Å². The van der Waals surface area contributed by atoms with E-state index in [0.29, 0.717) is 5.92 Å². The summed E-state index contributed by atoms with van der Waals surface area (Å²) < 4.78 is 0. The van der Waals surface area contributed by atoms with Crippen molar-refractivity contribution in [2.45, 2.75) is 78.2 Å². The van der Waals surface area contributed by atoms with Gasteiger partial charge in [-0.1, -0.05) is 52.0 Å². The third kappa shape index (κ3) is 4.34. The number of hydrogen-bond acceptors (Lipinski definition) is 1. The maximum atomic E-state index is 3.70. The van der Waals surface area contributed by atoms with Gasteiger partial charge in [-0.15, -0.1) is 0 Å². The Balaban J connectivity index is 2.99. The first kappa shape index (κ1) is 17.2. The summed E-state index contributed by atoms with van der Waals surface area (Å²) in [6.07, 6.45) is 2.35. The van der Waals surface area contributed by atoms with Gasteiger partial charge in [0.25, 0.3) is 0 Å². The van der Waals surface area contributed by atoms with Crippen LogP contribution in [0.5, 0.6) is 0 Å². The summed E-state index contributed by atoms with van der Waals surface area (Å²) in [5, 5.41) is 3.70. The molecule has 0 saturated heterocycles. The van der Waals surface area contributed by atoms with Gasteiger partial charge in [-0.25, -0.2) is 0 Å². The highest BCUT2D eigenvalue weighted by Gasteiger charge is 2.29. The Hall–Kier alpha value is -0.820. The van der Waals surface area contributed by atoms with Gasteiger partial charge in [-0.05, 0) is 50.7 Å². The molecular weight excluding hydrogens is 242 g/mol. The van der Waals surface area contributed by atoms with Crippen LogP contribution in [-0.4, -0.2) is 12.1 Å². The number of benzene rings is 1. The Morgan fingerprint density at radius 2 is 1.45 bits per heavy atom. The molecule has 1 nitrogen and oxygen atoms in total. The second kappa shape index (κ2) is 6.76. The topological polar surface area (TPSA) is 12.0 Å². The van der Waals surface area contributed by atoms with E-state index in [1.165, 1.54) is 24.0 Å². The summed E-state index contributed by atoms with van der Waals surface area (Å²) in [6.45, 7) is 16.9. The lowest BCUT2D eigenvalue weighted by atomic mass is 9.75. The van der Waals surface area contributed by atoms with Gasteiger partial charge in [-0.2, -0.15) is 0 Å². The largest absolute Gasteiger partial charge is 0.311 e. The van der Waals surface area contributed by atoms with Crippen molar-refractivity contribution in [3.05, 3.63) is 35.4 Å². The molecular formula is C19H33N. The quantitative estimate of drug-likeness (QED) is 0.747. The molecule has 0 aliphatic rings. The van der Waals surface area contributed by atoms with E-state index in [1.807, 2.05) is 0 Å². The molecule has 1 N–H and O–H groups in total. The summed E-state index contributed by atoms with van der Waals surface area (Å²) in [5.74, 6) is 0.606. The van der Waals surface area contributed by atoms with Crippen LogP contribution in [0.25, 0.3) is 0 Å². The Morgan fingerprint density at radius 1 is 0.950 bits per heavy atom. The smallest absolute Gasteiger partial charge is 0.00968 e. The minimum absolute atomic E-state index is 0.174. The zero-order valence-electron chi connectivity index (χ0n) is 14.5. The van der Waals surface area contributed by atoms with E-state index in [0.717, 1.165) is 6.54 Å². The number of hydrogen-bond donors (Lipinski definition) is 1. The van der Waals surface area contributed by atoms with Gasteiger partial charge in [0.05, 0.1) is 0 Å². The summed E-state index contributed by atoms with van der Waals surface area (Å²) >= 11 is 0. The van der Waals surface area contributed by atoms with Crippen LogP contribution in [0.2, 0.25) is 0 Å². The number of rotatable bonds is 6. The molecule has 0 aromatic heterocycles. The second-order valence-corrected chi connectivity index (χ2v) is 7.37. The van der Waals surface area contributed by atoms with Crippen molar-refractivity contribution in [2.75, 3.05) is 6.54 Å². The summed E-state index contributed by atoms with van der Waals surface area (Å²) in [6, 6.07) is 9.29. The first-order valence-corrected chi connectivity index (χ1v) is 8.09. The minimum atomic E-state index is 0.174. The highest BCUT2D eigenvalue weighted by Crippen LogP contribution is 2.32. The summed E-state index contributed by atoms with van der Waals surface area (Å²) in [7, 11) is 0. The lowest BCUT2D eigenvalue weighted by Gasteiger charge is -2.36. The third-order valence-corrected chi connectivity index (χ3v) is 4.50. The minimum Gasteiger partial charge on any atom is -0.311 e. The van der Waals surface area contributed by atoms with Crippen LogP contribution in [0.3, 0.4) is 0 Å². The molecule has 0 spiro atoms. The van der Waals surface area contributed by atoms with Gasteiger partial charge < -0.3 is 5.32 Å². The van der Waals surface area contributed by atoms with Crippen LogP contribution in [0, 0.1) is 0 Å². The maximum Gasteiger partial charge on any atom is 0.00968 e. The Bertz CT molecular complexity index is 391. The predicted molar refractivity (Wildman–Crippen MR) is 90.5 cm³/mol. The monoisotopic (exact) mass is 275 g/mol. The molecule has 0 aliphatic carbocycles. The third-order valence-electron chi connectivity index (χ3n) is 4.50.